The molecule has 1 aromatic rings. The Balaban J connectivity index is 2.03. The molecule has 2 atom stereocenters. The van der Waals surface area contributed by atoms with Gasteiger partial charge in [-0.15, -0.1) is 0 Å². The molecule has 88 valence electrons. The van der Waals surface area contributed by atoms with E-state index in [0.717, 1.165) is 24.9 Å². The molecule has 16 heavy (non-hydrogen) atoms. The van der Waals surface area contributed by atoms with Crippen molar-refractivity contribution in [3.8, 4) is 0 Å². The van der Waals surface area contributed by atoms with E-state index in [9.17, 15) is 0 Å². The first kappa shape index (κ1) is 11.7. The van der Waals surface area contributed by atoms with Gasteiger partial charge in [-0.3, -0.25) is 4.90 Å². The average molecular weight is 217 g/mol. The highest BCUT2D eigenvalue weighted by atomic mass is 15.2. The van der Waals surface area contributed by atoms with Gasteiger partial charge in [0.25, 0.3) is 0 Å². The Labute approximate surface area is 99.5 Å². The van der Waals surface area contributed by atoms with Crippen LogP contribution in [0.4, 0.5) is 0 Å². The second-order valence-corrected chi connectivity index (χ2v) is 5.29. The number of benzene rings is 1. The van der Waals surface area contributed by atoms with Crippen LogP contribution in [-0.4, -0.2) is 17.5 Å². The predicted octanol–water partition coefficient (Wildman–Crippen LogP) is 3.48. The largest absolute Gasteiger partial charge is 0.296 e. The lowest BCUT2D eigenvalue weighted by molar-refractivity contribution is 0.256. The maximum atomic E-state index is 2.61. The molecule has 2 unspecified atom stereocenters. The summed E-state index contributed by atoms with van der Waals surface area (Å²) in [7, 11) is 0. The van der Waals surface area contributed by atoms with E-state index in [1.54, 1.807) is 0 Å². The van der Waals surface area contributed by atoms with Crippen LogP contribution in [0.15, 0.2) is 24.3 Å². The van der Waals surface area contributed by atoms with Gasteiger partial charge in [0, 0.05) is 19.1 Å². The first-order valence-electron chi connectivity index (χ1n) is 6.51. The highest BCUT2D eigenvalue weighted by Gasteiger charge is 2.25. The molecule has 0 radical (unpaired) electrons. The van der Waals surface area contributed by atoms with E-state index >= 15 is 0 Å². The van der Waals surface area contributed by atoms with E-state index in [1.165, 1.54) is 24.1 Å². The fraction of sp³-hybridized carbons (Fsp3) is 0.600. The third-order valence-electron chi connectivity index (χ3n) is 3.70. The lowest BCUT2D eigenvalue weighted by Gasteiger charge is -2.21. The van der Waals surface area contributed by atoms with Crippen LogP contribution in [0.25, 0.3) is 0 Å². The number of hydrogen-bond donors (Lipinski definition) is 0. The van der Waals surface area contributed by atoms with Gasteiger partial charge in [0.05, 0.1) is 0 Å². The van der Waals surface area contributed by atoms with Crippen LogP contribution in [0.1, 0.15) is 38.3 Å². The van der Waals surface area contributed by atoms with Crippen LogP contribution in [0, 0.1) is 5.92 Å². The molecule has 1 aliphatic heterocycles. The summed E-state index contributed by atoms with van der Waals surface area (Å²) in [5, 5.41) is 0. The quantitative estimate of drug-likeness (QED) is 0.749. The zero-order valence-corrected chi connectivity index (χ0v) is 10.7. The summed E-state index contributed by atoms with van der Waals surface area (Å²) in [6, 6.07) is 9.78. The van der Waals surface area contributed by atoms with Crippen LogP contribution >= 0.6 is 0 Å². The molecule has 0 N–H and O–H groups in total. The molecule has 1 fully saturated rings. The summed E-state index contributed by atoms with van der Waals surface area (Å²) in [4.78, 5) is 2.61. The van der Waals surface area contributed by atoms with Crippen molar-refractivity contribution in [1.82, 2.24) is 4.90 Å². The first-order valence-corrected chi connectivity index (χ1v) is 6.51. The van der Waals surface area contributed by atoms with Gasteiger partial charge in [-0.25, -0.2) is 0 Å². The molecule has 1 heteroatoms. The minimum Gasteiger partial charge on any atom is -0.296 e. The van der Waals surface area contributed by atoms with Crippen LogP contribution in [0.2, 0.25) is 0 Å². The summed E-state index contributed by atoms with van der Waals surface area (Å²) in [5.74, 6) is 0.865. The minimum absolute atomic E-state index is 0.750. The lowest BCUT2D eigenvalue weighted by atomic mass is 10.1. The molecule has 0 aliphatic carbocycles. The molecule has 0 bridgehead atoms. The molecule has 0 aromatic heterocycles. The second-order valence-electron chi connectivity index (χ2n) is 5.29. The van der Waals surface area contributed by atoms with Gasteiger partial charge in [0.15, 0.2) is 0 Å². The topological polar surface area (TPSA) is 3.24 Å². The normalized spacial score (nSPS) is 26.2. The molecule has 0 spiro atoms. The predicted molar refractivity (Wildman–Crippen MR) is 69.5 cm³/mol. The van der Waals surface area contributed by atoms with E-state index in [1.807, 2.05) is 0 Å². The van der Waals surface area contributed by atoms with Crippen molar-refractivity contribution in [2.45, 2.75) is 46.2 Å². The number of rotatable bonds is 3. The third kappa shape index (κ3) is 2.65. The summed E-state index contributed by atoms with van der Waals surface area (Å²) < 4.78 is 0. The number of hydrogen-bond acceptors (Lipinski definition) is 1. The smallest absolute Gasteiger partial charge is 0.0236 e. The van der Waals surface area contributed by atoms with Gasteiger partial charge >= 0.3 is 0 Å². The summed E-state index contributed by atoms with van der Waals surface area (Å²) in [6.07, 6.45) is 2.49. The fourth-order valence-electron chi connectivity index (χ4n) is 2.79. The van der Waals surface area contributed by atoms with Crippen molar-refractivity contribution in [2.75, 3.05) is 6.54 Å². The van der Waals surface area contributed by atoms with Gasteiger partial charge in [-0.05, 0) is 36.8 Å². The maximum Gasteiger partial charge on any atom is 0.0236 e. The summed E-state index contributed by atoms with van der Waals surface area (Å²) >= 11 is 0. The van der Waals surface area contributed by atoms with Crippen molar-refractivity contribution in [3.63, 3.8) is 0 Å². The van der Waals surface area contributed by atoms with E-state index < -0.39 is 0 Å². The molecular weight excluding hydrogens is 194 g/mol. The molecule has 1 nitrogen and oxygen atoms in total. The number of nitrogens with zero attached hydrogens (tertiary/aromatic N) is 1. The molecule has 1 heterocycles. The van der Waals surface area contributed by atoms with Crippen LogP contribution in [0.3, 0.4) is 0 Å². The highest BCUT2D eigenvalue weighted by molar-refractivity contribution is 5.23. The number of aryl methyl sites for hydroxylation is 1. The summed E-state index contributed by atoms with van der Waals surface area (Å²) in [6.45, 7) is 9.32. The molecule has 1 aliphatic rings. The Morgan fingerprint density at radius 2 is 2.00 bits per heavy atom. The average Bonchev–Trinajstić information content (AvgIpc) is 2.58. The SMILES string of the molecule is CCc1cccc(CN2CC(C)CC2C)c1. The molecule has 0 saturated carbocycles. The fourth-order valence-corrected chi connectivity index (χ4v) is 2.79. The molecular formula is C15H23N. The van der Waals surface area contributed by atoms with Gasteiger partial charge in [-0.1, -0.05) is 38.1 Å². The second kappa shape index (κ2) is 5.01. The van der Waals surface area contributed by atoms with Crippen LogP contribution in [-0.2, 0) is 13.0 Å². The van der Waals surface area contributed by atoms with Gasteiger partial charge in [0.2, 0.25) is 0 Å². The molecule has 1 aromatic carbocycles. The van der Waals surface area contributed by atoms with E-state index in [4.69, 9.17) is 0 Å². The zero-order valence-electron chi connectivity index (χ0n) is 10.7. The van der Waals surface area contributed by atoms with E-state index in [0.29, 0.717) is 0 Å². The van der Waals surface area contributed by atoms with E-state index in [2.05, 4.69) is 49.9 Å². The van der Waals surface area contributed by atoms with Gasteiger partial charge in [-0.2, -0.15) is 0 Å². The first-order chi connectivity index (χ1) is 7.69. The Hall–Kier alpha value is -0.820. The standard InChI is InChI=1S/C15H23N/c1-4-14-6-5-7-15(9-14)11-16-10-12(2)8-13(16)3/h5-7,9,12-13H,4,8,10-11H2,1-3H3. The highest BCUT2D eigenvalue weighted by Crippen LogP contribution is 2.24. The van der Waals surface area contributed by atoms with Crippen LogP contribution in [0.5, 0.6) is 0 Å². The van der Waals surface area contributed by atoms with Crippen molar-refractivity contribution >= 4 is 0 Å². The maximum absolute atomic E-state index is 2.61. The monoisotopic (exact) mass is 217 g/mol. The number of likely N-dealkylation sites (tertiary alicyclic amines) is 1. The minimum atomic E-state index is 0.750. The third-order valence-corrected chi connectivity index (χ3v) is 3.70. The van der Waals surface area contributed by atoms with Crippen molar-refractivity contribution in [3.05, 3.63) is 35.4 Å². The van der Waals surface area contributed by atoms with E-state index in [-0.39, 0.29) is 0 Å². The molecule has 2 rings (SSSR count). The summed E-state index contributed by atoms with van der Waals surface area (Å²) in [5.41, 5.74) is 2.93. The Morgan fingerprint density at radius 1 is 1.25 bits per heavy atom. The Kier molecular flexibility index (Phi) is 3.65. The Morgan fingerprint density at radius 3 is 2.62 bits per heavy atom. The van der Waals surface area contributed by atoms with Crippen molar-refractivity contribution in [2.24, 2.45) is 5.92 Å². The lowest BCUT2D eigenvalue weighted by Crippen LogP contribution is -2.26. The van der Waals surface area contributed by atoms with Crippen molar-refractivity contribution in [1.29, 1.82) is 0 Å². The molecule has 0 amide bonds. The van der Waals surface area contributed by atoms with Gasteiger partial charge in [0.1, 0.15) is 0 Å². The Bertz CT molecular complexity index is 345. The zero-order chi connectivity index (χ0) is 11.5. The van der Waals surface area contributed by atoms with Crippen LogP contribution < -0.4 is 0 Å². The van der Waals surface area contributed by atoms with Gasteiger partial charge < -0.3 is 0 Å². The van der Waals surface area contributed by atoms with Crippen molar-refractivity contribution < 1.29 is 0 Å². The molecule has 1 saturated heterocycles.